The third-order valence-electron chi connectivity index (χ3n) is 3.60. The molecule has 1 amide bonds. The largest absolute Gasteiger partial charge is 0.495 e. The highest BCUT2D eigenvalue weighted by Crippen LogP contribution is 2.35. The molecule has 0 aromatic heterocycles. The van der Waals surface area contributed by atoms with E-state index < -0.39 is 0 Å². The number of ether oxygens (including phenoxy) is 3. The first-order chi connectivity index (χ1) is 13.0. The molecule has 8 heteroatoms. The molecule has 2 rings (SSSR count). The van der Waals surface area contributed by atoms with Gasteiger partial charge in [0.05, 0.1) is 43.6 Å². The van der Waals surface area contributed by atoms with Crippen molar-refractivity contribution in [3.63, 3.8) is 0 Å². The van der Waals surface area contributed by atoms with Gasteiger partial charge in [-0.15, -0.1) is 0 Å². The second kappa shape index (κ2) is 9.68. The number of hydrogen-bond acceptors (Lipinski definition) is 6. The lowest BCUT2D eigenvalue weighted by Crippen LogP contribution is -2.22. The summed E-state index contributed by atoms with van der Waals surface area (Å²) in [6.07, 6.45) is 0. The van der Waals surface area contributed by atoms with E-state index in [-0.39, 0.29) is 18.4 Å². The fourth-order valence-corrected chi connectivity index (χ4v) is 2.50. The third kappa shape index (κ3) is 5.52. The molecule has 2 N–H and O–H groups in total. The van der Waals surface area contributed by atoms with Gasteiger partial charge in [0, 0.05) is 17.8 Å². The Morgan fingerprint density at radius 1 is 1.04 bits per heavy atom. The van der Waals surface area contributed by atoms with Crippen LogP contribution in [0, 0.1) is 0 Å². The number of carbonyl (C=O) groups excluding carboxylic acids is 2. The number of esters is 1. The van der Waals surface area contributed by atoms with E-state index >= 15 is 0 Å². The second-order valence-electron chi connectivity index (χ2n) is 5.39. The quantitative estimate of drug-likeness (QED) is 0.668. The van der Waals surface area contributed by atoms with E-state index in [0.29, 0.717) is 40.1 Å². The molecule has 7 nitrogen and oxygen atoms in total. The molecule has 0 saturated heterocycles. The number of methoxy groups -OCH3 is 2. The molecule has 0 atom stereocenters. The minimum Gasteiger partial charge on any atom is -0.495 e. The number of carbonyl (C=O) groups is 2. The second-order valence-corrected chi connectivity index (χ2v) is 5.79. The van der Waals surface area contributed by atoms with E-state index in [2.05, 4.69) is 10.6 Å². The zero-order valence-electron chi connectivity index (χ0n) is 15.3. The van der Waals surface area contributed by atoms with Crippen LogP contribution in [0.5, 0.6) is 11.5 Å². The molecule has 0 aliphatic heterocycles. The Morgan fingerprint density at radius 2 is 1.70 bits per heavy atom. The average molecular weight is 393 g/mol. The van der Waals surface area contributed by atoms with E-state index in [0.717, 1.165) is 0 Å². The number of halogens is 1. The molecule has 0 fully saturated rings. The molecule has 0 aliphatic rings. The standard InChI is InChI=1S/C19H21ClN2O5/c1-4-27-19(24)12-5-7-13(8-6-12)21-11-18(23)22-15-10-16(25-2)14(20)9-17(15)26-3/h5-10,21H,4,11H2,1-3H3,(H,22,23). The monoisotopic (exact) mass is 392 g/mol. The first kappa shape index (κ1) is 20.4. The molecular formula is C19H21ClN2O5. The maximum atomic E-state index is 12.2. The van der Waals surface area contributed by atoms with Crippen molar-refractivity contribution in [3.05, 3.63) is 47.0 Å². The van der Waals surface area contributed by atoms with Gasteiger partial charge in [0.2, 0.25) is 5.91 Å². The Morgan fingerprint density at radius 3 is 2.30 bits per heavy atom. The highest BCUT2D eigenvalue weighted by molar-refractivity contribution is 6.32. The summed E-state index contributed by atoms with van der Waals surface area (Å²) in [4.78, 5) is 23.8. The Hall–Kier alpha value is -2.93. The van der Waals surface area contributed by atoms with Gasteiger partial charge < -0.3 is 24.8 Å². The van der Waals surface area contributed by atoms with Crippen molar-refractivity contribution in [3.8, 4) is 11.5 Å². The van der Waals surface area contributed by atoms with Gasteiger partial charge in [-0.2, -0.15) is 0 Å². The molecule has 0 unspecified atom stereocenters. The van der Waals surface area contributed by atoms with Crippen LogP contribution in [-0.4, -0.2) is 39.2 Å². The molecule has 2 aromatic rings. The molecule has 0 spiro atoms. The molecule has 144 valence electrons. The number of hydrogen-bond donors (Lipinski definition) is 2. The van der Waals surface area contributed by atoms with Crippen molar-refractivity contribution in [1.29, 1.82) is 0 Å². The molecule has 27 heavy (non-hydrogen) atoms. The predicted octanol–water partition coefficient (Wildman–Crippen LogP) is 3.58. The van der Waals surface area contributed by atoms with Crippen LogP contribution >= 0.6 is 11.6 Å². The van der Waals surface area contributed by atoms with Gasteiger partial charge in [-0.3, -0.25) is 4.79 Å². The van der Waals surface area contributed by atoms with Crippen molar-refractivity contribution in [2.45, 2.75) is 6.92 Å². The first-order valence-electron chi connectivity index (χ1n) is 8.21. The van der Waals surface area contributed by atoms with Crippen LogP contribution in [0.3, 0.4) is 0 Å². The van der Waals surface area contributed by atoms with Crippen LogP contribution in [0.2, 0.25) is 5.02 Å². The first-order valence-corrected chi connectivity index (χ1v) is 8.58. The van der Waals surface area contributed by atoms with Gasteiger partial charge in [-0.1, -0.05) is 11.6 Å². The predicted molar refractivity (Wildman–Crippen MR) is 104 cm³/mol. The fourth-order valence-electron chi connectivity index (χ4n) is 2.27. The smallest absolute Gasteiger partial charge is 0.338 e. The summed E-state index contributed by atoms with van der Waals surface area (Å²) in [5.74, 6) is 0.181. The summed E-state index contributed by atoms with van der Waals surface area (Å²) >= 11 is 6.05. The van der Waals surface area contributed by atoms with Crippen molar-refractivity contribution in [2.75, 3.05) is 38.0 Å². The van der Waals surface area contributed by atoms with Gasteiger partial charge in [-0.25, -0.2) is 4.79 Å². The highest BCUT2D eigenvalue weighted by Gasteiger charge is 2.13. The van der Waals surface area contributed by atoms with Crippen LogP contribution in [0.4, 0.5) is 11.4 Å². The Balaban J connectivity index is 1.97. The van der Waals surface area contributed by atoms with E-state index in [4.69, 9.17) is 25.8 Å². The number of anilines is 2. The van der Waals surface area contributed by atoms with E-state index in [9.17, 15) is 9.59 Å². The van der Waals surface area contributed by atoms with Crippen molar-refractivity contribution < 1.29 is 23.8 Å². The van der Waals surface area contributed by atoms with Gasteiger partial charge in [-0.05, 0) is 31.2 Å². The molecule has 0 heterocycles. The van der Waals surface area contributed by atoms with Crippen molar-refractivity contribution in [1.82, 2.24) is 0 Å². The lowest BCUT2D eigenvalue weighted by molar-refractivity contribution is -0.114. The Bertz CT molecular complexity index is 808. The average Bonchev–Trinajstić information content (AvgIpc) is 2.68. The summed E-state index contributed by atoms with van der Waals surface area (Å²) < 4.78 is 15.3. The van der Waals surface area contributed by atoms with Crippen LogP contribution in [0.15, 0.2) is 36.4 Å². The number of nitrogens with one attached hydrogen (secondary N) is 2. The third-order valence-corrected chi connectivity index (χ3v) is 3.89. The highest BCUT2D eigenvalue weighted by atomic mass is 35.5. The SMILES string of the molecule is CCOC(=O)c1ccc(NCC(=O)Nc2cc(OC)c(Cl)cc2OC)cc1. The van der Waals surface area contributed by atoms with Gasteiger partial charge in [0.15, 0.2) is 0 Å². The van der Waals surface area contributed by atoms with Crippen molar-refractivity contribution in [2.24, 2.45) is 0 Å². The number of amides is 1. The maximum absolute atomic E-state index is 12.2. The van der Waals surface area contributed by atoms with Gasteiger partial charge in [0.25, 0.3) is 0 Å². The zero-order chi connectivity index (χ0) is 19.8. The lowest BCUT2D eigenvalue weighted by atomic mass is 10.2. The van der Waals surface area contributed by atoms with Crippen LogP contribution in [0.25, 0.3) is 0 Å². The van der Waals surface area contributed by atoms with E-state index in [1.54, 1.807) is 43.3 Å². The summed E-state index contributed by atoms with van der Waals surface area (Å²) in [6.45, 7) is 2.09. The van der Waals surface area contributed by atoms with Crippen LogP contribution in [0.1, 0.15) is 17.3 Å². The van der Waals surface area contributed by atoms with Gasteiger partial charge in [0.1, 0.15) is 11.5 Å². The summed E-state index contributed by atoms with van der Waals surface area (Å²) in [6, 6.07) is 9.82. The molecule has 0 radical (unpaired) electrons. The molecule has 0 aliphatic carbocycles. The van der Waals surface area contributed by atoms with Crippen LogP contribution in [-0.2, 0) is 9.53 Å². The topological polar surface area (TPSA) is 85.9 Å². The minimum atomic E-state index is -0.384. The van der Waals surface area contributed by atoms with E-state index in [1.165, 1.54) is 14.2 Å². The normalized spacial score (nSPS) is 10.1. The zero-order valence-corrected chi connectivity index (χ0v) is 16.1. The number of rotatable bonds is 8. The molecular weight excluding hydrogens is 372 g/mol. The molecule has 2 aromatic carbocycles. The summed E-state index contributed by atoms with van der Waals surface area (Å²) in [5.41, 5.74) is 1.59. The molecule has 0 saturated carbocycles. The molecule has 0 bridgehead atoms. The number of benzene rings is 2. The minimum absolute atomic E-state index is 0.0207. The van der Waals surface area contributed by atoms with E-state index in [1.807, 2.05) is 0 Å². The summed E-state index contributed by atoms with van der Waals surface area (Å²) in [7, 11) is 2.97. The Labute approximate surface area is 162 Å². The van der Waals surface area contributed by atoms with Crippen LogP contribution < -0.4 is 20.1 Å². The fraction of sp³-hybridized carbons (Fsp3) is 0.263. The van der Waals surface area contributed by atoms with Crippen molar-refractivity contribution >= 4 is 34.9 Å². The Kier molecular flexibility index (Phi) is 7.31. The van der Waals surface area contributed by atoms with Gasteiger partial charge >= 0.3 is 5.97 Å². The lowest BCUT2D eigenvalue weighted by Gasteiger charge is -2.13. The maximum Gasteiger partial charge on any atom is 0.338 e. The summed E-state index contributed by atoms with van der Waals surface area (Å²) in [5, 5.41) is 6.10.